The summed E-state index contributed by atoms with van der Waals surface area (Å²) < 4.78 is 6.11. The van der Waals surface area contributed by atoms with Crippen molar-refractivity contribution in [3.05, 3.63) is 29.3 Å². The zero-order valence-electron chi connectivity index (χ0n) is 18.6. The molecule has 2 fully saturated rings. The lowest BCUT2D eigenvalue weighted by molar-refractivity contribution is 0.110. The van der Waals surface area contributed by atoms with Gasteiger partial charge in [-0.1, -0.05) is 44.1 Å². The summed E-state index contributed by atoms with van der Waals surface area (Å²) in [5.41, 5.74) is 0.702. The SMILES string of the molecule is CCCCC(C)[C@H](O)/C=C/[C@@H]1[C@H]2C/C(=C(\C#N)CCCCc3nn[nH]n3)O[C@H]2C[C@H]1O. The minimum Gasteiger partial charge on any atom is -0.493 e. The number of aromatic nitrogens is 4. The van der Waals surface area contributed by atoms with Gasteiger partial charge in [-0.25, -0.2) is 0 Å². The molecule has 1 aromatic rings. The standard InChI is InChI=1S/C23H35N5O3/c1-3-4-7-15(2)19(29)11-10-17-18-12-21(31-22(18)13-20(17)30)16(14-24)8-5-6-9-23-25-27-28-26-23/h10-11,15,17-20,22,29-30H,3-9,12-13H2,1-2H3,(H,25,26,27,28)/b11-10+,21-16+/t15?,17-,18-,19-,20-,22+/m1/s1. The number of hydrogen-bond acceptors (Lipinski definition) is 7. The summed E-state index contributed by atoms with van der Waals surface area (Å²) in [7, 11) is 0. The first-order valence-corrected chi connectivity index (χ1v) is 11.6. The lowest BCUT2D eigenvalue weighted by Crippen LogP contribution is -2.20. The Morgan fingerprint density at radius 3 is 2.94 bits per heavy atom. The Bertz CT molecular complexity index is 786. The number of ether oxygens (including phenoxy) is 1. The van der Waals surface area contributed by atoms with Gasteiger partial charge in [0.15, 0.2) is 5.82 Å². The quantitative estimate of drug-likeness (QED) is 0.280. The number of aromatic amines is 1. The molecule has 1 saturated carbocycles. The molecule has 0 bridgehead atoms. The van der Waals surface area contributed by atoms with Gasteiger partial charge in [0.2, 0.25) is 0 Å². The Morgan fingerprint density at radius 1 is 1.39 bits per heavy atom. The van der Waals surface area contributed by atoms with Crippen LogP contribution in [0.3, 0.4) is 0 Å². The largest absolute Gasteiger partial charge is 0.493 e. The van der Waals surface area contributed by atoms with Gasteiger partial charge in [-0.05, 0) is 31.6 Å². The van der Waals surface area contributed by atoms with Crippen LogP contribution in [0.2, 0.25) is 0 Å². The van der Waals surface area contributed by atoms with E-state index in [-0.39, 0.29) is 23.9 Å². The fourth-order valence-electron chi connectivity index (χ4n) is 4.68. The van der Waals surface area contributed by atoms with E-state index in [1.165, 1.54) is 0 Å². The maximum absolute atomic E-state index is 10.5. The third-order valence-corrected chi connectivity index (χ3v) is 6.67. The molecule has 1 saturated heterocycles. The molecule has 0 amide bonds. The third-order valence-electron chi connectivity index (χ3n) is 6.67. The van der Waals surface area contributed by atoms with Crippen LogP contribution in [0, 0.1) is 29.1 Å². The van der Waals surface area contributed by atoms with Crippen LogP contribution in [0.25, 0.3) is 0 Å². The van der Waals surface area contributed by atoms with Crippen molar-refractivity contribution in [2.75, 3.05) is 0 Å². The maximum atomic E-state index is 10.5. The van der Waals surface area contributed by atoms with Crippen molar-refractivity contribution < 1.29 is 14.9 Å². The number of aliphatic hydroxyl groups excluding tert-OH is 2. The molecular formula is C23H35N5O3. The maximum Gasteiger partial charge on any atom is 0.174 e. The predicted octanol–water partition coefficient (Wildman–Crippen LogP) is 3.22. The minimum atomic E-state index is -0.496. The summed E-state index contributed by atoms with van der Waals surface area (Å²) in [5, 5.41) is 44.5. The highest BCUT2D eigenvalue weighted by atomic mass is 16.5. The topological polar surface area (TPSA) is 128 Å². The van der Waals surface area contributed by atoms with Gasteiger partial charge in [0.25, 0.3) is 0 Å². The van der Waals surface area contributed by atoms with Crippen LogP contribution in [0.1, 0.15) is 71.0 Å². The molecule has 1 unspecified atom stereocenters. The molecule has 0 spiro atoms. The van der Waals surface area contributed by atoms with Crippen molar-refractivity contribution in [3.8, 4) is 6.07 Å². The first kappa shape index (κ1) is 23.4. The van der Waals surface area contributed by atoms with Crippen molar-refractivity contribution in [3.63, 3.8) is 0 Å². The number of nitriles is 1. The highest BCUT2D eigenvalue weighted by molar-refractivity contribution is 5.28. The number of unbranched alkanes of at least 4 members (excludes halogenated alkanes) is 2. The number of aliphatic hydroxyl groups is 2. The van der Waals surface area contributed by atoms with E-state index in [1.54, 1.807) is 0 Å². The summed E-state index contributed by atoms with van der Waals surface area (Å²) in [5.74, 6) is 1.78. The van der Waals surface area contributed by atoms with Crippen LogP contribution in [-0.2, 0) is 11.2 Å². The Hall–Kier alpha value is -2.24. The predicted molar refractivity (Wildman–Crippen MR) is 115 cm³/mol. The second-order valence-corrected chi connectivity index (χ2v) is 8.95. The van der Waals surface area contributed by atoms with Gasteiger partial charge in [-0.2, -0.15) is 10.5 Å². The Balaban J connectivity index is 1.55. The minimum absolute atomic E-state index is 0.0475. The normalized spacial score (nSPS) is 28.9. The number of tetrazole rings is 1. The van der Waals surface area contributed by atoms with Crippen molar-refractivity contribution in [2.24, 2.45) is 17.8 Å². The number of allylic oxidation sites excluding steroid dienone is 2. The molecule has 0 radical (unpaired) electrons. The zero-order chi connectivity index (χ0) is 22.2. The van der Waals surface area contributed by atoms with E-state index in [1.807, 2.05) is 12.2 Å². The Kier molecular flexibility index (Phi) is 8.61. The monoisotopic (exact) mass is 429 g/mol. The van der Waals surface area contributed by atoms with Gasteiger partial charge in [0, 0.05) is 31.1 Å². The third kappa shape index (κ3) is 6.14. The van der Waals surface area contributed by atoms with Crippen LogP contribution in [0.4, 0.5) is 0 Å². The summed E-state index contributed by atoms with van der Waals surface area (Å²) in [4.78, 5) is 0. The molecule has 2 aliphatic rings. The van der Waals surface area contributed by atoms with E-state index >= 15 is 0 Å². The molecule has 6 atom stereocenters. The highest BCUT2D eigenvalue weighted by Crippen LogP contribution is 2.46. The van der Waals surface area contributed by atoms with Crippen LogP contribution in [0.5, 0.6) is 0 Å². The van der Waals surface area contributed by atoms with E-state index < -0.39 is 12.2 Å². The van der Waals surface area contributed by atoms with Gasteiger partial charge >= 0.3 is 0 Å². The average molecular weight is 430 g/mol. The molecule has 1 aromatic heterocycles. The molecule has 0 aromatic carbocycles. The molecule has 8 heteroatoms. The number of fused-ring (bicyclic) bond motifs is 1. The van der Waals surface area contributed by atoms with E-state index in [2.05, 4.69) is 40.5 Å². The zero-order valence-corrected chi connectivity index (χ0v) is 18.6. The molecule has 1 aliphatic heterocycles. The van der Waals surface area contributed by atoms with Crippen molar-refractivity contribution in [2.45, 2.75) is 89.9 Å². The van der Waals surface area contributed by atoms with Crippen LogP contribution >= 0.6 is 0 Å². The molecule has 8 nitrogen and oxygen atoms in total. The van der Waals surface area contributed by atoms with E-state index in [0.717, 1.165) is 44.3 Å². The van der Waals surface area contributed by atoms with E-state index in [0.29, 0.717) is 30.7 Å². The van der Waals surface area contributed by atoms with Gasteiger partial charge < -0.3 is 14.9 Å². The lowest BCUT2D eigenvalue weighted by Gasteiger charge is -2.18. The molecule has 31 heavy (non-hydrogen) atoms. The van der Waals surface area contributed by atoms with Crippen LogP contribution in [0.15, 0.2) is 23.5 Å². The Morgan fingerprint density at radius 2 is 2.23 bits per heavy atom. The molecular weight excluding hydrogens is 394 g/mol. The number of nitrogens with zero attached hydrogens (tertiary/aromatic N) is 4. The molecule has 2 heterocycles. The summed E-state index contributed by atoms with van der Waals surface area (Å²) >= 11 is 0. The van der Waals surface area contributed by atoms with E-state index in [4.69, 9.17) is 4.74 Å². The van der Waals surface area contributed by atoms with Crippen molar-refractivity contribution in [1.82, 2.24) is 20.6 Å². The lowest BCUT2D eigenvalue weighted by atomic mass is 9.89. The molecule has 3 N–H and O–H groups in total. The summed E-state index contributed by atoms with van der Waals surface area (Å²) in [6.45, 7) is 4.22. The number of H-pyrrole nitrogens is 1. The van der Waals surface area contributed by atoms with Gasteiger partial charge in [0.05, 0.1) is 23.9 Å². The van der Waals surface area contributed by atoms with Gasteiger partial charge in [-0.15, -0.1) is 10.2 Å². The summed E-state index contributed by atoms with van der Waals surface area (Å²) in [6, 6.07) is 2.32. The van der Waals surface area contributed by atoms with Gasteiger partial charge in [-0.3, -0.25) is 0 Å². The van der Waals surface area contributed by atoms with Crippen LogP contribution < -0.4 is 0 Å². The second kappa shape index (κ2) is 11.4. The second-order valence-electron chi connectivity index (χ2n) is 8.95. The number of aryl methyl sites for hydroxylation is 1. The fraction of sp³-hybridized carbons (Fsp3) is 0.739. The van der Waals surface area contributed by atoms with Gasteiger partial charge in [0.1, 0.15) is 11.9 Å². The number of nitrogens with one attached hydrogen (secondary N) is 1. The smallest absolute Gasteiger partial charge is 0.174 e. The first-order chi connectivity index (χ1) is 15.0. The first-order valence-electron chi connectivity index (χ1n) is 11.6. The average Bonchev–Trinajstić information content (AvgIpc) is 3.47. The molecule has 170 valence electrons. The number of hydrogen-bond donors (Lipinski definition) is 3. The fourth-order valence-corrected chi connectivity index (χ4v) is 4.68. The summed E-state index contributed by atoms with van der Waals surface area (Å²) in [6.07, 6.45) is 10.4. The Labute approximate surface area is 184 Å². The molecule has 1 aliphatic carbocycles. The van der Waals surface area contributed by atoms with Crippen molar-refractivity contribution in [1.29, 1.82) is 5.26 Å². The highest BCUT2D eigenvalue weighted by Gasteiger charge is 2.47. The van der Waals surface area contributed by atoms with Crippen LogP contribution in [-0.4, -0.2) is 49.1 Å². The van der Waals surface area contributed by atoms with Crippen molar-refractivity contribution >= 4 is 0 Å². The molecule has 3 rings (SSSR count). The van der Waals surface area contributed by atoms with E-state index in [9.17, 15) is 15.5 Å². The number of rotatable bonds is 11.